The van der Waals surface area contributed by atoms with Crippen molar-refractivity contribution in [1.82, 2.24) is 24.9 Å². The molecule has 1 aliphatic heterocycles. The standard InChI is InChI=1S/C23H24ClN7O/c24-18-9-16(12-1-2-12)21-17(11-28-30(21)13-3-4-13)15(18)5-6-19-20(23(26)32)22(25)31(29-19)14-7-8-27-10-14/h9,11-14,27H,1-4,7-8,10,25H2,(H2,26,32)/t14-/m0/s1. The van der Waals surface area contributed by atoms with Gasteiger partial charge in [0, 0.05) is 11.9 Å². The van der Waals surface area contributed by atoms with E-state index in [4.69, 9.17) is 23.1 Å². The van der Waals surface area contributed by atoms with Crippen LogP contribution in [0.5, 0.6) is 0 Å². The Labute approximate surface area is 190 Å². The Morgan fingerprint density at radius 2 is 1.97 bits per heavy atom. The van der Waals surface area contributed by atoms with Gasteiger partial charge in [0.2, 0.25) is 0 Å². The molecule has 1 saturated heterocycles. The number of nitrogens with zero attached hydrogens (tertiary/aromatic N) is 4. The van der Waals surface area contributed by atoms with Crippen LogP contribution in [0.1, 0.15) is 77.3 Å². The maximum absolute atomic E-state index is 12.1. The van der Waals surface area contributed by atoms with Gasteiger partial charge in [-0.25, -0.2) is 4.68 Å². The third-order valence-corrected chi connectivity index (χ3v) is 6.95. The Bertz CT molecular complexity index is 1310. The van der Waals surface area contributed by atoms with Crippen molar-refractivity contribution in [3.05, 3.63) is 39.7 Å². The second-order valence-corrected chi connectivity index (χ2v) is 9.40. The minimum absolute atomic E-state index is 0.0774. The predicted octanol–water partition coefficient (Wildman–Crippen LogP) is 2.71. The van der Waals surface area contributed by atoms with Crippen molar-refractivity contribution in [3.63, 3.8) is 0 Å². The number of nitrogens with two attached hydrogens (primary N) is 2. The number of halogens is 1. The summed E-state index contributed by atoms with van der Waals surface area (Å²) in [4.78, 5) is 12.1. The van der Waals surface area contributed by atoms with Crippen LogP contribution in [0, 0.1) is 11.8 Å². The lowest BCUT2D eigenvalue weighted by Gasteiger charge is -2.10. The molecule has 3 fully saturated rings. The van der Waals surface area contributed by atoms with Gasteiger partial charge in [0.1, 0.15) is 11.4 Å². The van der Waals surface area contributed by atoms with E-state index in [1.807, 2.05) is 12.3 Å². The number of hydrogen-bond acceptors (Lipinski definition) is 5. The average molecular weight is 450 g/mol. The van der Waals surface area contributed by atoms with Crippen molar-refractivity contribution in [2.45, 2.75) is 50.1 Å². The largest absolute Gasteiger partial charge is 0.383 e. The fraction of sp³-hybridized carbons (Fsp3) is 0.435. The van der Waals surface area contributed by atoms with E-state index in [9.17, 15) is 4.79 Å². The van der Waals surface area contributed by atoms with Gasteiger partial charge >= 0.3 is 0 Å². The van der Waals surface area contributed by atoms with E-state index in [2.05, 4.69) is 32.0 Å². The fourth-order valence-electron chi connectivity index (χ4n) is 4.69. The van der Waals surface area contributed by atoms with Gasteiger partial charge in [-0.05, 0) is 62.1 Å². The van der Waals surface area contributed by atoms with Crippen molar-refractivity contribution in [1.29, 1.82) is 0 Å². The summed E-state index contributed by atoms with van der Waals surface area (Å²) in [5.74, 6) is 6.38. The summed E-state index contributed by atoms with van der Waals surface area (Å²) < 4.78 is 3.81. The fourth-order valence-corrected chi connectivity index (χ4v) is 4.96. The number of primary amides is 1. The molecule has 8 nitrogen and oxygen atoms in total. The molecule has 6 rings (SSSR count). The summed E-state index contributed by atoms with van der Waals surface area (Å²) in [6.45, 7) is 1.62. The lowest BCUT2D eigenvalue weighted by atomic mass is 10.0. The number of amides is 1. The molecule has 3 aromatic rings. The van der Waals surface area contributed by atoms with Crippen molar-refractivity contribution in [3.8, 4) is 11.8 Å². The highest BCUT2D eigenvalue weighted by Gasteiger charge is 2.33. The number of nitrogens with one attached hydrogen (secondary N) is 1. The molecule has 0 bridgehead atoms. The van der Waals surface area contributed by atoms with Gasteiger partial charge in [-0.15, -0.1) is 0 Å². The van der Waals surface area contributed by atoms with Crippen LogP contribution in [-0.2, 0) is 0 Å². The first-order valence-corrected chi connectivity index (χ1v) is 11.5. The summed E-state index contributed by atoms with van der Waals surface area (Å²) >= 11 is 6.70. The van der Waals surface area contributed by atoms with E-state index in [0.717, 1.165) is 43.3 Å². The number of anilines is 1. The molecule has 1 amide bonds. The van der Waals surface area contributed by atoms with Crippen molar-refractivity contribution in [2.24, 2.45) is 5.73 Å². The molecule has 0 radical (unpaired) electrons. The first kappa shape index (κ1) is 19.6. The Balaban J connectivity index is 1.48. The highest BCUT2D eigenvalue weighted by Crippen LogP contribution is 2.47. The number of nitrogen functional groups attached to an aromatic ring is 1. The van der Waals surface area contributed by atoms with Crippen LogP contribution in [0.25, 0.3) is 10.9 Å². The molecule has 164 valence electrons. The van der Waals surface area contributed by atoms with Crippen LogP contribution in [0.4, 0.5) is 5.82 Å². The molecule has 0 unspecified atom stereocenters. The highest BCUT2D eigenvalue weighted by molar-refractivity contribution is 6.33. The lowest BCUT2D eigenvalue weighted by Crippen LogP contribution is -2.18. The SMILES string of the molecule is NC(=O)c1c(C#Cc2c(Cl)cc(C3CC3)c3c2cnn3C2CC2)nn([C@H]2CCNC2)c1N. The van der Waals surface area contributed by atoms with Crippen LogP contribution >= 0.6 is 11.6 Å². The summed E-state index contributed by atoms with van der Waals surface area (Å²) in [5, 5.41) is 14.0. The number of carbonyl (C=O) groups is 1. The quantitative estimate of drug-likeness (QED) is 0.529. The van der Waals surface area contributed by atoms with Crippen LogP contribution in [0.15, 0.2) is 12.3 Å². The van der Waals surface area contributed by atoms with E-state index < -0.39 is 5.91 Å². The molecule has 9 heteroatoms. The Hall–Kier alpha value is -3.02. The number of carbonyl (C=O) groups excluding carboxylic acids is 1. The van der Waals surface area contributed by atoms with E-state index in [-0.39, 0.29) is 23.1 Å². The van der Waals surface area contributed by atoms with Crippen molar-refractivity contribution in [2.75, 3.05) is 18.8 Å². The average Bonchev–Trinajstić information content (AvgIpc) is 3.66. The minimum atomic E-state index is -0.633. The van der Waals surface area contributed by atoms with E-state index >= 15 is 0 Å². The predicted molar refractivity (Wildman–Crippen MR) is 123 cm³/mol. The zero-order chi connectivity index (χ0) is 22.0. The molecule has 3 aliphatic rings. The molecular weight excluding hydrogens is 426 g/mol. The van der Waals surface area contributed by atoms with Gasteiger partial charge in [0.15, 0.2) is 5.69 Å². The second-order valence-electron chi connectivity index (χ2n) is 8.99. The summed E-state index contributed by atoms with van der Waals surface area (Å²) in [7, 11) is 0. The summed E-state index contributed by atoms with van der Waals surface area (Å²) in [5.41, 5.74) is 15.4. The minimum Gasteiger partial charge on any atom is -0.383 e. The van der Waals surface area contributed by atoms with E-state index in [1.54, 1.807) is 4.68 Å². The molecule has 2 aromatic heterocycles. The Morgan fingerprint density at radius 1 is 1.16 bits per heavy atom. The molecule has 5 N–H and O–H groups in total. The number of rotatable bonds is 4. The first-order chi connectivity index (χ1) is 15.5. The van der Waals surface area contributed by atoms with Gasteiger partial charge in [0.05, 0.1) is 34.4 Å². The van der Waals surface area contributed by atoms with Crippen molar-refractivity contribution >= 4 is 34.2 Å². The smallest absolute Gasteiger partial charge is 0.255 e. The van der Waals surface area contributed by atoms with Gasteiger partial charge in [-0.2, -0.15) is 10.2 Å². The van der Waals surface area contributed by atoms with E-state index in [1.165, 1.54) is 18.4 Å². The van der Waals surface area contributed by atoms with Crippen LogP contribution in [0.3, 0.4) is 0 Å². The third kappa shape index (κ3) is 3.15. The molecule has 32 heavy (non-hydrogen) atoms. The maximum Gasteiger partial charge on any atom is 0.255 e. The van der Waals surface area contributed by atoms with Gasteiger partial charge < -0.3 is 16.8 Å². The van der Waals surface area contributed by atoms with Crippen LogP contribution in [-0.4, -0.2) is 38.6 Å². The number of hydrogen-bond donors (Lipinski definition) is 3. The normalized spacial score (nSPS) is 20.5. The van der Waals surface area contributed by atoms with Crippen molar-refractivity contribution < 1.29 is 4.79 Å². The van der Waals surface area contributed by atoms with Gasteiger partial charge in [-0.1, -0.05) is 17.5 Å². The molecule has 1 aromatic carbocycles. The van der Waals surface area contributed by atoms with Gasteiger partial charge in [0.25, 0.3) is 5.91 Å². The van der Waals surface area contributed by atoms with Crippen LogP contribution in [0.2, 0.25) is 5.02 Å². The summed E-state index contributed by atoms with van der Waals surface area (Å²) in [6, 6.07) is 2.58. The zero-order valence-corrected chi connectivity index (χ0v) is 18.3. The first-order valence-electron chi connectivity index (χ1n) is 11.1. The lowest BCUT2D eigenvalue weighted by molar-refractivity contribution is 0.100. The molecule has 3 heterocycles. The topological polar surface area (TPSA) is 117 Å². The second kappa shape index (κ2) is 7.26. The van der Waals surface area contributed by atoms with Crippen LogP contribution < -0.4 is 16.8 Å². The Kier molecular flexibility index (Phi) is 4.46. The monoisotopic (exact) mass is 449 g/mol. The van der Waals surface area contributed by atoms with Gasteiger partial charge in [-0.3, -0.25) is 9.48 Å². The zero-order valence-electron chi connectivity index (χ0n) is 17.6. The number of fused-ring (bicyclic) bond motifs is 1. The molecule has 2 saturated carbocycles. The number of benzene rings is 1. The molecule has 0 spiro atoms. The summed E-state index contributed by atoms with van der Waals surface area (Å²) in [6.07, 6.45) is 7.41. The molecule has 2 aliphatic carbocycles. The third-order valence-electron chi connectivity index (χ3n) is 6.65. The van der Waals surface area contributed by atoms with E-state index in [0.29, 0.717) is 22.5 Å². The molecular formula is C23H24ClN7O. The Morgan fingerprint density at radius 3 is 2.62 bits per heavy atom. The molecule has 1 atom stereocenters. The maximum atomic E-state index is 12.1. The highest BCUT2D eigenvalue weighted by atomic mass is 35.5. The number of aromatic nitrogens is 4.